The van der Waals surface area contributed by atoms with Crippen LogP contribution in [0, 0.1) is 19.8 Å². The minimum Gasteiger partial charge on any atom is -0.335 e. The summed E-state index contributed by atoms with van der Waals surface area (Å²) in [6.07, 6.45) is -2.36. The van der Waals surface area contributed by atoms with E-state index in [1.54, 1.807) is 4.90 Å². The number of alkyl halides is 3. The van der Waals surface area contributed by atoms with Gasteiger partial charge < -0.3 is 4.90 Å². The summed E-state index contributed by atoms with van der Waals surface area (Å²) in [5.74, 6) is -2.12. The monoisotopic (exact) mass is 381 g/mol. The van der Waals surface area contributed by atoms with E-state index < -0.39 is 30.3 Å². The number of aryl methyl sites for hydroxylation is 3. The molecule has 1 heterocycles. The summed E-state index contributed by atoms with van der Waals surface area (Å²) in [4.78, 5) is 14.7. The van der Waals surface area contributed by atoms with Gasteiger partial charge >= 0.3 is 0 Å². The minimum absolute atomic E-state index is 0.0131. The van der Waals surface area contributed by atoms with E-state index in [-0.39, 0.29) is 6.04 Å². The highest BCUT2D eigenvalue weighted by molar-refractivity contribution is 6.07. The van der Waals surface area contributed by atoms with Crippen molar-refractivity contribution in [3.63, 3.8) is 0 Å². The fourth-order valence-electron chi connectivity index (χ4n) is 3.63. The van der Waals surface area contributed by atoms with Gasteiger partial charge in [-0.1, -0.05) is 19.1 Å². The summed E-state index contributed by atoms with van der Waals surface area (Å²) >= 11 is 0. The third-order valence-corrected chi connectivity index (χ3v) is 5.52. The standard InChI is InChI=1S/C20H26F3N3O/c1-5-13-8-11(2)12(3)9-14(13)10-26(15-6-7-15)20(27)16-17(18(21)22)24-25(4)19(16)23/h8-9,15-16,18-19H,5-7,10H2,1-4H3. The van der Waals surface area contributed by atoms with E-state index in [1.165, 1.54) is 12.6 Å². The van der Waals surface area contributed by atoms with Crippen LogP contribution in [-0.2, 0) is 17.8 Å². The Morgan fingerprint density at radius 2 is 1.85 bits per heavy atom. The minimum atomic E-state index is -2.95. The van der Waals surface area contributed by atoms with Crippen LogP contribution in [0.2, 0.25) is 0 Å². The highest BCUT2D eigenvalue weighted by Gasteiger charge is 2.48. The molecule has 27 heavy (non-hydrogen) atoms. The van der Waals surface area contributed by atoms with Gasteiger partial charge in [0.05, 0.1) is 0 Å². The molecule has 0 saturated heterocycles. The summed E-state index contributed by atoms with van der Waals surface area (Å²) < 4.78 is 41.2. The van der Waals surface area contributed by atoms with Gasteiger partial charge in [0.1, 0.15) is 11.6 Å². The maximum atomic E-state index is 14.5. The third kappa shape index (κ3) is 3.82. The molecule has 0 radical (unpaired) electrons. The molecule has 4 nitrogen and oxygen atoms in total. The molecule has 1 aliphatic heterocycles. The summed E-state index contributed by atoms with van der Waals surface area (Å²) in [7, 11) is 1.28. The molecule has 1 aromatic rings. The second-order valence-electron chi connectivity index (χ2n) is 7.51. The summed E-state index contributed by atoms with van der Waals surface area (Å²) in [6, 6.07) is 4.14. The Morgan fingerprint density at radius 1 is 1.26 bits per heavy atom. The largest absolute Gasteiger partial charge is 0.335 e. The highest BCUT2D eigenvalue weighted by Crippen LogP contribution is 2.34. The molecule has 3 rings (SSSR count). The number of amides is 1. The smallest absolute Gasteiger partial charge is 0.279 e. The van der Waals surface area contributed by atoms with Gasteiger partial charge in [0.15, 0.2) is 0 Å². The fraction of sp³-hybridized carbons (Fsp3) is 0.600. The SMILES string of the molecule is CCc1cc(C)c(C)cc1CN(C(=O)C1C(C(F)F)=NN(C)C1F)C1CC1. The van der Waals surface area contributed by atoms with E-state index >= 15 is 0 Å². The molecule has 7 heteroatoms. The second-order valence-corrected chi connectivity index (χ2v) is 7.51. The van der Waals surface area contributed by atoms with E-state index in [9.17, 15) is 18.0 Å². The Hall–Kier alpha value is -2.05. The first-order valence-electron chi connectivity index (χ1n) is 9.37. The van der Waals surface area contributed by atoms with Gasteiger partial charge in [-0.2, -0.15) is 5.10 Å². The molecule has 1 aliphatic carbocycles. The zero-order valence-corrected chi connectivity index (χ0v) is 16.2. The van der Waals surface area contributed by atoms with Crippen molar-refractivity contribution in [1.29, 1.82) is 0 Å². The van der Waals surface area contributed by atoms with Crippen molar-refractivity contribution >= 4 is 11.6 Å². The van der Waals surface area contributed by atoms with E-state index in [4.69, 9.17) is 0 Å². The number of hydrogen-bond donors (Lipinski definition) is 0. The quantitative estimate of drug-likeness (QED) is 0.702. The van der Waals surface area contributed by atoms with Crippen LogP contribution < -0.4 is 0 Å². The third-order valence-electron chi connectivity index (χ3n) is 5.52. The van der Waals surface area contributed by atoms with Crippen LogP contribution in [0.3, 0.4) is 0 Å². The first kappa shape index (κ1) is 19.7. The van der Waals surface area contributed by atoms with Crippen molar-refractivity contribution in [3.8, 4) is 0 Å². The first-order chi connectivity index (χ1) is 12.7. The number of carbonyl (C=O) groups is 1. The summed E-state index contributed by atoms with van der Waals surface area (Å²) in [5, 5.41) is 4.40. The number of halogens is 3. The van der Waals surface area contributed by atoms with Crippen molar-refractivity contribution < 1.29 is 18.0 Å². The lowest BCUT2D eigenvalue weighted by Crippen LogP contribution is -2.45. The predicted octanol–water partition coefficient (Wildman–Crippen LogP) is 3.84. The van der Waals surface area contributed by atoms with Crippen LogP contribution in [0.5, 0.6) is 0 Å². The molecule has 2 unspecified atom stereocenters. The van der Waals surface area contributed by atoms with Crippen LogP contribution in [0.1, 0.15) is 42.0 Å². The molecule has 1 amide bonds. The highest BCUT2D eigenvalue weighted by atomic mass is 19.3. The number of hydrogen-bond acceptors (Lipinski definition) is 3. The second kappa shape index (κ2) is 7.52. The molecule has 0 aromatic heterocycles. The van der Waals surface area contributed by atoms with Crippen LogP contribution in [0.4, 0.5) is 13.2 Å². The maximum Gasteiger partial charge on any atom is 0.279 e. The first-order valence-corrected chi connectivity index (χ1v) is 9.37. The lowest BCUT2D eigenvalue weighted by molar-refractivity contribution is -0.137. The molecular formula is C20H26F3N3O. The number of carbonyl (C=O) groups excluding carboxylic acids is 1. The van der Waals surface area contributed by atoms with Crippen molar-refractivity contribution in [3.05, 3.63) is 34.4 Å². The number of hydrazone groups is 1. The Kier molecular flexibility index (Phi) is 5.49. The van der Waals surface area contributed by atoms with Gasteiger partial charge in [0, 0.05) is 19.6 Å². The van der Waals surface area contributed by atoms with Gasteiger partial charge in [-0.3, -0.25) is 9.80 Å². The van der Waals surface area contributed by atoms with E-state index in [0.717, 1.165) is 41.0 Å². The molecule has 2 aliphatic rings. The van der Waals surface area contributed by atoms with E-state index in [1.807, 2.05) is 26.8 Å². The van der Waals surface area contributed by atoms with Crippen LogP contribution in [-0.4, -0.2) is 47.3 Å². The molecule has 0 spiro atoms. The molecule has 0 bridgehead atoms. The molecule has 2 atom stereocenters. The molecule has 1 saturated carbocycles. The molecule has 148 valence electrons. The average Bonchev–Trinajstić information content (AvgIpc) is 3.41. The van der Waals surface area contributed by atoms with Gasteiger partial charge in [-0.15, -0.1) is 0 Å². The molecule has 1 aromatic carbocycles. The van der Waals surface area contributed by atoms with Crippen molar-refractivity contribution in [2.24, 2.45) is 11.0 Å². The number of rotatable bonds is 6. The number of benzene rings is 1. The van der Waals surface area contributed by atoms with Crippen LogP contribution in [0.15, 0.2) is 17.2 Å². The number of nitrogens with zero attached hydrogens (tertiary/aromatic N) is 3. The molecular weight excluding hydrogens is 355 g/mol. The van der Waals surface area contributed by atoms with Gasteiger partial charge in [0.25, 0.3) is 6.43 Å². The normalized spacial score (nSPS) is 22.4. The van der Waals surface area contributed by atoms with Gasteiger partial charge in [0.2, 0.25) is 12.2 Å². The summed E-state index contributed by atoms with van der Waals surface area (Å²) in [6.45, 7) is 6.40. The average molecular weight is 381 g/mol. The summed E-state index contributed by atoms with van der Waals surface area (Å²) in [5.41, 5.74) is 3.74. The topological polar surface area (TPSA) is 35.9 Å². The Labute approximate surface area is 158 Å². The molecule has 0 N–H and O–H groups in total. The predicted molar refractivity (Wildman–Crippen MR) is 98.5 cm³/mol. The van der Waals surface area contributed by atoms with Gasteiger partial charge in [-0.25, -0.2) is 13.2 Å². The Morgan fingerprint density at radius 3 is 2.37 bits per heavy atom. The fourth-order valence-corrected chi connectivity index (χ4v) is 3.63. The van der Waals surface area contributed by atoms with E-state index in [2.05, 4.69) is 11.2 Å². The van der Waals surface area contributed by atoms with Crippen LogP contribution in [0.25, 0.3) is 0 Å². The zero-order chi connectivity index (χ0) is 19.9. The van der Waals surface area contributed by atoms with E-state index in [0.29, 0.717) is 6.54 Å². The Bertz CT molecular complexity index is 761. The van der Waals surface area contributed by atoms with Crippen LogP contribution >= 0.6 is 0 Å². The lowest BCUT2D eigenvalue weighted by atomic mass is 9.96. The van der Waals surface area contributed by atoms with Crippen molar-refractivity contribution in [2.45, 2.75) is 65.3 Å². The Balaban J connectivity index is 1.90. The van der Waals surface area contributed by atoms with Crippen molar-refractivity contribution in [2.75, 3.05) is 7.05 Å². The zero-order valence-electron chi connectivity index (χ0n) is 16.2. The molecule has 1 fully saturated rings. The van der Waals surface area contributed by atoms with Crippen molar-refractivity contribution in [1.82, 2.24) is 9.91 Å². The lowest BCUT2D eigenvalue weighted by Gasteiger charge is -2.28. The maximum absolute atomic E-state index is 14.5. The van der Waals surface area contributed by atoms with Gasteiger partial charge in [-0.05, 0) is 55.4 Å².